The van der Waals surface area contributed by atoms with Crippen molar-refractivity contribution >= 4 is 17.9 Å². The summed E-state index contributed by atoms with van der Waals surface area (Å²) in [5.74, 6) is -0.913. The number of hydrogen-bond acceptors (Lipinski definition) is 6. The van der Waals surface area contributed by atoms with E-state index in [4.69, 9.17) is 14.2 Å². The molecule has 0 heterocycles. The van der Waals surface area contributed by atoms with E-state index in [2.05, 4.69) is 93.7 Å². The Morgan fingerprint density at radius 2 is 0.557 bits per heavy atom. The Hall–Kier alpha value is -3.15. The Balaban J connectivity index is 4.33. The summed E-state index contributed by atoms with van der Waals surface area (Å²) in [6, 6.07) is 0. The topological polar surface area (TPSA) is 78.9 Å². The molecule has 0 aliphatic carbocycles. The molecule has 0 saturated heterocycles. The Morgan fingerprint density at radius 1 is 0.300 bits per heavy atom. The standard InChI is InChI=1S/C64H112O6/c1-4-7-10-13-16-19-22-25-27-29-30-31-32-33-34-36-37-39-42-45-48-51-54-57-63(66)69-60-61(59-68-62(65)56-53-50-47-44-41-24-21-18-15-12-9-6-3)70-64(67)58-55-52-49-46-43-40-38-35-28-26-23-20-17-14-11-8-5-2/h8,11,17-18,20-21,26,28-30,38,40,61H,4-7,9-10,12-16,19,22-25,27,31-37,39,41-60H2,1-3H3/b11-8-,20-17-,21-18-,28-26-,30-29-,40-38-. The van der Waals surface area contributed by atoms with E-state index in [1.807, 2.05) is 0 Å². The quantitative estimate of drug-likeness (QED) is 0.0261. The van der Waals surface area contributed by atoms with Gasteiger partial charge in [-0.2, -0.15) is 0 Å². The number of carbonyl (C=O) groups excluding carboxylic acids is 3. The highest BCUT2D eigenvalue weighted by molar-refractivity contribution is 5.71. The number of carbonyl (C=O) groups is 3. The average molecular weight is 978 g/mol. The van der Waals surface area contributed by atoms with Crippen molar-refractivity contribution in [3.63, 3.8) is 0 Å². The normalized spacial score (nSPS) is 12.6. The molecule has 1 atom stereocenters. The fraction of sp³-hybridized carbons (Fsp3) is 0.766. The predicted octanol–water partition coefficient (Wildman–Crippen LogP) is 20.2. The van der Waals surface area contributed by atoms with Crippen molar-refractivity contribution in [1.29, 1.82) is 0 Å². The Kier molecular flexibility index (Phi) is 55.8. The van der Waals surface area contributed by atoms with E-state index >= 15 is 0 Å². The summed E-state index contributed by atoms with van der Waals surface area (Å²) in [6.45, 7) is 6.50. The van der Waals surface area contributed by atoms with Gasteiger partial charge in [0.05, 0.1) is 0 Å². The van der Waals surface area contributed by atoms with Crippen LogP contribution in [0.3, 0.4) is 0 Å². The van der Waals surface area contributed by atoms with Crippen LogP contribution >= 0.6 is 0 Å². The van der Waals surface area contributed by atoms with E-state index < -0.39 is 6.10 Å². The van der Waals surface area contributed by atoms with Gasteiger partial charge in [0.25, 0.3) is 0 Å². The van der Waals surface area contributed by atoms with Crippen LogP contribution in [0, 0.1) is 0 Å². The maximum atomic E-state index is 12.9. The molecule has 1 unspecified atom stereocenters. The Morgan fingerprint density at radius 3 is 0.914 bits per heavy atom. The zero-order valence-corrected chi connectivity index (χ0v) is 46.3. The minimum absolute atomic E-state index is 0.0875. The molecule has 0 aromatic heterocycles. The van der Waals surface area contributed by atoms with E-state index in [-0.39, 0.29) is 31.1 Å². The number of rotatable bonds is 54. The van der Waals surface area contributed by atoms with Gasteiger partial charge >= 0.3 is 17.9 Å². The number of unbranched alkanes of at least 4 members (excludes halogenated alkanes) is 31. The zero-order valence-electron chi connectivity index (χ0n) is 46.3. The lowest BCUT2D eigenvalue weighted by molar-refractivity contribution is -0.167. The lowest BCUT2D eigenvalue weighted by Gasteiger charge is -2.18. The summed E-state index contributed by atoms with van der Waals surface area (Å²) in [5, 5.41) is 0. The van der Waals surface area contributed by atoms with Crippen LogP contribution in [0.15, 0.2) is 72.9 Å². The van der Waals surface area contributed by atoms with Gasteiger partial charge in [0.2, 0.25) is 0 Å². The molecule has 0 saturated carbocycles. The molecule has 0 amide bonds. The SMILES string of the molecule is CC/C=C\C/C=C\C/C=C\C/C=C\CCCCCCC(=O)OC(COC(=O)CCCCCCC/C=C\CCCCC)COC(=O)CCCCCCCCCCCCC/C=C\CCCCCCCCCC. The van der Waals surface area contributed by atoms with Gasteiger partial charge in [-0.1, -0.05) is 241 Å². The molecule has 0 aliphatic rings. The minimum atomic E-state index is -0.792. The smallest absolute Gasteiger partial charge is 0.306 e. The third kappa shape index (κ3) is 55.8. The van der Waals surface area contributed by atoms with Gasteiger partial charge in [-0.3, -0.25) is 14.4 Å². The van der Waals surface area contributed by atoms with Crippen LogP contribution in [-0.2, 0) is 28.6 Å². The van der Waals surface area contributed by atoms with Gasteiger partial charge < -0.3 is 14.2 Å². The first-order chi connectivity index (χ1) is 34.5. The summed E-state index contributed by atoms with van der Waals surface area (Å²) in [6.07, 6.45) is 74.7. The summed E-state index contributed by atoms with van der Waals surface area (Å²) in [5.41, 5.74) is 0. The van der Waals surface area contributed by atoms with E-state index in [0.29, 0.717) is 19.3 Å². The molecule has 0 rings (SSSR count). The fourth-order valence-electron chi connectivity index (χ4n) is 8.42. The largest absolute Gasteiger partial charge is 0.462 e. The number of allylic oxidation sites excluding steroid dienone is 12. The van der Waals surface area contributed by atoms with Crippen molar-refractivity contribution in [2.45, 2.75) is 303 Å². The van der Waals surface area contributed by atoms with Crippen molar-refractivity contribution in [2.75, 3.05) is 13.2 Å². The second-order valence-electron chi connectivity index (χ2n) is 19.9. The lowest BCUT2D eigenvalue weighted by atomic mass is 10.0. The fourth-order valence-corrected chi connectivity index (χ4v) is 8.42. The third-order valence-electron chi connectivity index (χ3n) is 12.9. The average Bonchev–Trinajstić information content (AvgIpc) is 3.36. The van der Waals surface area contributed by atoms with Crippen LogP contribution < -0.4 is 0 Å². The summed E-state index contributed by atoms with van der Waals surface area (Å²) < 4.78 is 16.9. The molecule has 70 heavy (non-hydrogen) atoms. The van der Waals surface area contributed by atoms with Crippen molar-refractivity contribution < 1.29 is 28.6 Å². The highest BCUT2D eigenvalue weighted by atomic mass is 16.6. The molecule has 6 nitrogen and oxygen atoms in total. The molecule has 0 N–H and O–H groups in total. The molecule has 0 aromatic carbocycles. The second-order valence-corrected chi connectivity index (χ2v) is 19.9. The van der Waals surface area contributed by atoms with Gasteiger partial charge in [0, 0.05) is 19.3 Å². The van der Waals surface area contributed by atoms with Crippen molar-refractivity contribution in [2.24, 2.45) is 0 Å². The maximum Gasteiger partial charge on any atom is 0.306 e. The second kappa shape index (κ2) is 58.4. The summed E-state index contributed by atoms with van der Waals surface area (Å²) in [4.78, 5) is 38.2. The van der Waals surface area contributed by atoms with E-state index in [0.717, 1.165) is 103 Å². The van der Waals surface area contributed by atoms with Crippen LogP contribution in [0.2, 0.25) is 0 Å². The highest BCUT2D eigenvalue weighted by Gasteiger charge is 2.19. The molecule has 404 valence electrons. The molecule has 6 heteroatoms. The van der Waals surface area contributed by atoms with Crippen molar-refractivity contribution in [3.8, 4) is 0 Å². The molecule has 0 fully saturated rings. The molecule has 0 radical (unpaired) electrons. The van der Waals surface area contributed by atoms with Crippen LogP contribution in [0.5, 0.6) is 0 Å². The first-order valence-corrected chi connectivity index (χ1v) is 29.9. The minimum Gasteiger partial charge on any atom is -0.462 e. The highest BCUT2D eigenvalue weighted by Crippen LogP contribution is 2.16. The number of esters is 3. The van der Waals surface area contributed by atoms with Crippen LogP contribution in [0.4, 0.5) is 0 Å². The number of hydrogen-bond donors (Lipinski definition) is 0. The summed E-state index contributed by atoms with van der Waals surface area (Å²) >= 11 is 0. The zero-order chi connectivity index (χ0) is 50.7. The molecule has 0 spiro atoms. The van der Waals surface area contributed by atoms with Crippen molar-refractivity contribution in [3.05, 3.63) is 72.9 Å². The molecule has 0 aromatic rings. The first-order valence-electron chi connectivity index (χ1n) is 29.9. The maximum absolute atomic E-state index is 12.9. The Labute approximate surface area is 433 Å². The predicted molar refractivity (Wildman–Crippen MR) is 302 cm³/mol. The van der Waals surface area contributed by atoms with E-state index in [1.54, 1.807) is 0 Å². The van der Waals surface area contributed by atoms with Gasteiger partial charge in [0.15, 0.2) is 6.10 Å². The van der Waals surface area contributed by atoms with Crippen LogP contribution in [0.25, 0.3) is 0 Å². The van der Waals surface area contributed by atoms with E-state index in [1.165, 1.54) is 154 Å². The molecule has 0 bridgehead atoms. The molecular formula is C64H112O6. The monoisotopic (exact) mass is 977 g/mol. The van der Waals surface area contributed by atoms with Gasteiger partial charge in [-0.25, -0.2) is 0 Å². The van der Waals surface area contributed by atoms with Crippen LogP contribution in [-0.4, -0.2) is 37.2 Å². The van der Waals surface area contributed by atoms with Gasteiger partial charge in [-0.05, 0) is 109 Å². The number of ether oxygens (including phenoxy) is 3. The summed E-state index contributed by atoms with van der Waals surface area (Å²) in [7, 11) is 0. The van der Waals surface area contributed by atoms with E-state index in [9.17, 15) is 14.4 Å². The van der Waals surface area contributed by atoms with Gasteiger partial charge in [0.1, 0.15) is 13.2 Å². The Bertz CT molecular complexity index is 1310. The lowest BCUT2D eigenvalue weighted by Crippen LogP contribution is -2.30. The van der Waals surface area contributed by atoms with Gasteiger partial charge in [-0.15, -0.1) is 0 Å². The van der Waals surface area contributed by atoms with Crippen LogP contribution in [0.1, 0.15) is 297 Å². The van der Waals surface area contributed by atoms with Crippen molar-refractivity contribution in [1.82, 2.24) is 0 Å². The molecule has 0 aliphatic heterocycles. The molecular weight excluding hydrogens is 865 g/mol. The third-order valence-corrected chi connectivity index (χ3v) is 12.9. The first kappa shape index (κ1) is 66.9.